The summed E-state index contributed by atoms with van der Waals surface area (Å²) < 4.78 is 61.1. The van der Waals surface area contributed by atoms with Gasteiger partial charge >= 0.3 is 33.6 Å². The zero-order valence-corrected chi connectivity index (χ0v) is 66.2. The van der Waals surface area contributed by atoms with E-state index in [2.05, 4.69) is 167 Å². The monoisotopic (exact) mass is 1480 g/mol. The van der Waals surface area contributed by atoms with Gasteiger partial charge in [0.1, 0.15) is 25.4 Å². The Hall–Kier alpha value is -4.57. The smallest absolute Gasteiger partial charge is 0.463 e. The van der Waals surface area contributed by atoms with Crippen LogP contribution in [-0.2, 0) is 55.8 Å². The third kappa shape index (κ3) is 78.3. The highest BCUT2D eigenvalue weighted by atomic mass is 31.2. The van der Waals surface area contributed by atoms with Crippen LogP contribution < -0.4 is 0 Å². The Morgan fingerprint density at radius 3 is 0.816 bits per heavy atom. The van der Waals surface area contributed by atoms with Crippen molar-refractivity contribution < 1.29 is 75.8 Å². The van der Waals surface area contributed by atoms with Crippen LogP contribution in [0.1, 0.15) is 316 Å². The minimum Gasteiger partial charge on any atom is -0.463 e. The molecule has 0 fully saturated rings. The second-order valence-electron chi connectivity index (χ2n) is 26.5. The summed E-state index contributed by atoms with van der Waals surface area (Å²) in [4.78, 5) is 58.6. The van der Waals surface area contributed by atoms with E-state index in [1.165, 1.54) is 89.9 Å². The topological polar surface area (TPSA) is 231 Å². The van der Waals surface area contributed by atoms with Gasteiger partial charge < -0.3 is 34.2 Å². The fraction of sp³-hybridized carbons (Fsp3) is 0.682. The van der Waals surface area contributed by atoms with Gasteiger partial charge in [-0.3, -0.25) is 32.5 Å². The Morgan fingerprint density at radius 1 is 0.282 bits per heavy atom. The highest BCUT2D eigenvalue weighted by Crippen LogP contribution is 2.45. The summed E-state index contributed by atoms with van der Waals surface area (Å²) in [6, 6.07) is 0. The minimum absolute atomic E-state index is 0.101. The van der Waals surface area contributed by atoms with Crippen LogP contribution >= 0.6 is 15.6 Å². The molecule has 0 aromatic heterocycles. The normalized spacial score (nSPS) is 14.7. The van der Waals surface area contributed by atoms with Crippen molar-refractivity contribution in [2.45, 2.75) is 334 Å². The van der Waals surface area contributed by atoms with Crippen molar-refractivity contribution in [3.05, 3.63) is 146 Å². The lowest BCUT2D eigenvalue weighted by atomic mass is 10.0. The van der Waals surface area contributed by atoms with E-state index < -0.39 is 91.5 Å². The van der Waals surface area contributed by atoms with Crippen molar-refractivity contribution in [3.63, 3.8) is 0 Å². The van der Waals surface area contributed by atoms with Crippen molar-refractivity contribution in [1.82, 2.24) is 0 Å². The van der Waals surface area contributed by atoms with Gasteiger partial charge in [0.05, 0.1) is 26.4 Å². The highest BCUT2D eigenvalue weighted by Gasteiger charge is 2.29. The number of carbonyl (C=O) groups is 3. The van der Waals surface area contributed by atoms with E-state index in [1.54, 1.807) is 0 Å². The molecule has 5 unspecified atom stereocenters. The van der Waals surface area contributed by atoms with Gasteiger partial charge in [0.2, 0.25) is 0 Å². The maximum atomic E-state index is 12.9. The number of rotatable bonds is 75. The van der Waals surface area contributed by atoms with E-state index in [0.717, 1.165) is 167 Å². The number of aliphatic hydroxyl groups is 2. The van der Waals surface area contributed by atoms with Gasteiger partial charge in [-0.2, -0.15) is 0 Å². The number of aliphatic hydroxyl groups excluding tert-OH is 2. The van der Waals surface area contributed by atoms with Crippen LogP contribution in [-0.4, -0.2) is 95.9 Å². The van der Waals surface area contributed by atoms with Crippen LogP contribution in [0.2, 0.25) is 0 Å². The molecular weight excluding hydrogens is 1340 g/mol. The molecule has 0 heterocycles. The highest BCUT2D eigenvalue weighted by molar-refractivity contribution is 7.47. The Morgan fingerprint density at radius 2 is 0.515 bits per heavy atom. The van der Waals surface area contributed by atoms with Gasteiger partial charge in [0.25, 0.3) is 0 Å². The number of hydrogen-bond acceptors (Lipinski definition) is 14. The summed E-state index contributed by atoms with van der Waals surface area (Å²) in [5.74, 6) is -1.59. The zero-order chi connectivity index (χ0) is 75.2. The van der Waals surface area contributed by atoms with E-state index >= 15 is 0 Å². The Balaban J connectivity index is 4.45. The fourth-order valence-electron chi connectivity index (χ4n) is 10.5. The maximum absolute atomic E-state index is 12.9. The van der Waals surface area contributed by atoms with Crippen LogP contribution in [0.3, 0.4) is 0 Å². The molecule has 16 nitrogen and oxygen atoms in total. The van der Waals surface area contributed by atoms with E-state index in [9.17, 15) is 43.5 Å². The molecule has 0 saturated heterocycles. The van der Waals surface area contributed by atoms with E-state index in [4.69, 9.17) is 32.3 Å². The van der Waals surface area contributed by atoms with E-state index in [0.29, 0.717) is 19.3 Å². The first-order valence-corrected chi connectivity index (χ1v) is 43.1. The largest absolute Gasteiger partial charge is 0.472 e. The summed E-state index contributed by atoms with van der Waals surface area (Å²) in [7, 11) is -9.79. The molecule has 0 aromatic rings. The molecule has 0 aromatic carbocycles. The molecule has 0 saturated carbocycles. The predicted octanol–water partition coefficient (Wildman–Crippen LogP) is 23.7. The molecule has 5 atom stereocenters. The molecule has 0 rings (SSSR count). The summed E-state index contributed by atoms with van der Waals surface area (Å²) in [5.41, 5.74) is 0. The molecule has 0 bridgehead atoms. The van der Waals surface area contributed by atoms with Crippen molar-refractivity contribution >= 4 is 33.6 Å². The van der Waals surface area contributed by atoms with Gasteiger partial charge in [-0.05, 0) is 122 Å². The molecule has 0 radical (unpaired) electrons. The lowest BCUT2D eigenvalue weighted by Crippen LogP contribution is -2.30. The second kappa shape index (κ2) is 77.1. The molecule has 590 valence electrons. The molecule has 0 aliphatic carbocycles. The number of phosphoric acid groups is 2. The first kappa shape index (κ1) is 98.4. The van der Waals surface area contributed by atoms with Crippen LogP contribution in [0, 0.1) is 0 Å². The summed E-state index contributed by atoms with van der Waals surface area (Å²) in [5, 5.41) is 20.6. The van der Waals surface area contributed by atoms with Crippen molar-refractivity contribution in [2.75, 3.05) is 39.6 Å². The predicted molar refractivity (Wildman–Crippen MR) is 426 cm³/mol. The third-order valence-corrected chi connectivity index (χ3v) is 18.5. The molecule has 0 aliphatic heterocycles. The number of esters is 3. The third-order valence-electron chi connectivity index (χ3n) is 16.6. The number of phosphoric ester groups is 2. The number of allylic oxidation sites excluding steroid dienone is 24. The summed E-state index contributed by atoms with van der Waals surface area (Å²) >= 11 is 0. The van der Waals surface area contributed by atoms with Crippen molar-refractivity contribution in [3.8, 4) is 0 Å². The van der Waals surface area contributed by atoms with Gasteiger partial charge in [-0.1, -0.05) is 321 Å². The number of ether oxygens (including phenoxy) is 3. The number of unbranched alkanes of at least 4 members (excludes halogenated alkanes) is 28. The molecule has 4 N–H and O–H groups in total. The van der Waals surface area contributed by atoms with Gasteiger partial charge in [0.15, 0.2) is 6.10 Å². The number of hydrogen-bond donors (Lipinski definition) is 4. The number of carbonyl (C=O) groups excluding carboxylic acids is 3. The quantitative estimate of drug-likeness (QED) is 0.0146. The molecule has 0 aliphatic rings. The first-order valence-electron chi connectivity index (χ1n) is 40.1. The molecular formula is C85H144O16P2. The SMILES string of the molecule is CC/C=C\C/C=C\C/C=C\C/C=C\C/C=C\C/C=C\CCCCCCCCCCCCCCC(=O)OCC(O)COP(=O)(O)OCC(O)COP(=O)(O)OCC(COC(=O)CCCCCCCC/C=C\C/C=C\C/C=C\C/C=C\C/C=C\C/C=C\CC)OC(=O)CCCCCCCCCCCCC. The summed E-state index contributed by atoms with van der Waals surface area (Å²) in [6.45, 7) is 2.43. The van der Waals surface area contributed by atoms with Gasteiger partial charge in [-0.15, -0.1) is 0 Å². The average molecular weight is 1480 g/mol. The Bertz CT molecular complexity index is 2450. The van der Waals surface area contributed by atoms with Crippen molar-refractivity contribution in [2.24, 2.45) is 0 Å². The van der Waals surface area contributed by atoms with Crippen LogP contribution in [0.25, 0.3) is 0 Å². The second-order valence-corrected chi connectivity index (χ2v) is 29.4. The zero-order valence-electron chi connectivity index (χ0n) is 64.4. The van der Waals surface area contributed by atoms with E-state index in [-0.39, 0.29) is 19.3 Å². The summed E-state index contributed by atoms with van der Waals surface area (Å²) in [6.07, 6.45) is 94.8. The van der Waals surface area contributed by atoms with Gasteiger partial charge in [-0.25, -0.2) is 9.13 Å². The first-order chi connectivity index (χ1) is 50.2. The lowest BCUT2D eigenvalue weighted by Gasteiger charge is -2.21. The average Bonchev–Trinajstić information content (AvgIpc) is 0.914. The van der Waals surface area contributed by atoms with Gasteiger partial charge in [0, 0.05) is 19.3 Å². The molecule has 18 heteroatoms. The van der Waals surface area contributed by atoms with Crippen molar-refractivity contribution in [1.29, 1.82) is 0 Å². The van der Waals surface area contributed by atoms with Crippen LogP contribution in [0.5, 0.6) is 0 Å². The standard InChI is InChI=1S/C85H144O16P2/c1-4-7-10-13-16-19-22-24-26-28-30-32-34-36-37-38-39-40-41-43-45-46-48-50-52-54-57-59-62-65-68-71-83(88)95-74-80(86)75-97-102(91,92)98-76-81(87)77-99-103(93,94)100-79-82(101-85(90)73-70-67-64-61-56-21-18-15-12-9-6-3)78-96-84(89)72-69-66-63-60-58-55-53-51-49-47-44-42-35-33-31-29-27-25-23-20-17-14-11-8-5-2/h7-8,10-11,16-17,19-20,24-27,30-33,36-37,39-40,42,44,49,51,80-82,86-87H,4-6,9,12-15,18,21-23,28-29,34-35,38,41,43,45-48,50,52-79H2,1-3H3,(H,91,92)(H,93,94)/b10-7-,11-8-,19-16-,20-17-,26-24-,27-25-,32-30-,33-31-,37-36-,40-39-,44-42-,51-49-. The lowest BCUT2D eigenvalue weighted by molar-refractivity contribution is -0.161. The molecule has 103 heavy (non-hydrogen) atoms. The Labute approximate surface area is 626 Å². The molecule has 0 amide bonds. The van der Waals surface area contributed by atoms with Crippen LogP contribution in [0.4, 0.5) is 0 Å². The molecule has 0 spiro atoms. The van der Waals surface area contributed by atoms with E-state index in [1.807, 2.05) is 0 Å². The maximum Gasteiger partial charge on any atom is 0.472 e. The Kier molecular flexibility index (Phi) is 73.6. The minimum atomic E-state index is -4.93. The van der Waals surface area contributed by atoms with Crippen LogP contribution in [0.15, 0.2) is 146 Å². The fourth-order valence-corrected chi connectivity index (χ4v) is 12.1.